The third kappa shape index (κ3) is 5.23. The average molecular weight is 339 g/mol. The number of guanidine groups is 1. The highest BCUT2D eigenvalue weighted by Gasteiger charge is 2.11. The van der Waals surface area contributed by atoms with E-state index in [0.29, 0.717) is 12.5 Å². The molecule has 8 nitrogen and oxygen atoms in total. The Morgan fingerprint density at radius 1 is 1.28 bits per heavy atom. The quantitative estimate of drug-likeness (QED) is 0.737. The lowest BCUT2D eigenvalue weighted by Crippen LogP contribution is -2.27. The van der Waals surface area contributed by atoms with E-state index < -0.39 is 0 Å². The third-order valence-corrected chi connectivity index (χ3v) is 3.83. The van der Waals surface area contributed by atoms with Crippen molar-refractivity contribution in [1.29, 1.82) is 0 Å². The van der Waals surface area contributed by atoms with Crippen LogP contribution < -0.4 is 11.1 Å². The second-order valence-corrected chi connectivity index (χ2v) is 5.89. The van der Waals surface area contributed by atoms with E-state index in [0.717, 1.165) is 30.5 Å². The van der Waals surface area contributed by atoms with E-state index in [2.05, 4.69) is 25.6 Å². The first kappa shape index (κ1) is 16.8. The molecule has 25 heavy (non-hydrogen) atoms. The molecular weight excluding hydrogens is 318 g/mol. The van der Waals surface area contributed by atoms with Gasteiger partial charge < -0.3 is 11.1 Å². The van der Waals surface area contributed by atoms with Gasteiger partial charge in [-0.3, -0.25) is 4.79 Å². The molecule has 0 aliphatic carbocycles. The molecule has 1 atom stereocenters. The molecule has 1 unspecified atom stereocenters. The van der Waals surface area contributed by atoms with Crippen LogP contribution in [-0.2, 0) is 24.3 Å². The van der Waals surface area contributed by atoms with E-state index in [1.807, 2.05) is 36.5 Å². The van der Waals surface area contributed by atoms with Crippen molar-refractivity contribution >= 4 is 18.1 Å². The lowest BCUT2D eigenvalue weighted by atomic mass is 10.1. The Bertz CT molecular complexity index is 766. The van der Waals surface area contributed by atoms with Gasteiger partial charge in [-0.05, 0) is 24.8 Å². The van der Waals surface area contributed by atoms with Crippen LogP contribution >= 0.6 is 0 Å². The number of nitrogens with two attached hydrogens (primary N) is 1. The molecule has 0 radical (unpaired) electrons. The highest BCUT2D eigenvalue weighted by molar-refractivity contribution is 5.93. The molecule has 1 aromatic carbocycles. The second kappa shape index (κ2) is 8.18. The lowest BCUT2D eigenvalue weighted by molar-refractivity contribution is -0.122. The number of hydrogen-bond donors (Lipinski definition) is 2. The molecule has 3 N–H and O–H groups in total. The third-order valence-electron chi connectivity index (χ3n) is 3.83. The first-order chi connectivity index (χ1) is 12.2. The maximum atomic E-state index is 12.0. The average Bonchev–Trinajstić information content (AvgIpc) is 3.23. The van der Waals surface area contributed by atoms with Gasteiger partial charge in [0.25, 0.3) is 0 Å². The van der Waals surface area contributed by atoms with Crippen molar-refractivity contribution in [2.45, 2.75) is 38.4 Å². The number of carbonyl (C=O) groups excluding carboxylic acids is 1. The number of hydrogen-bond acceptors (Lipinski definition) is 6. The van der Waals surface area contributed by atoms with Crippen LogP contribution in [0.15, 0.2) is 46.5 Å². The molecule has 1 aliphatic rings. The molecule has 0 spiro atoms. The fourth-order valence-corrected chi connectivity index (χ4v) is 2.56. The van der Waals surface area contributed by atoms with Crippen LogP contribution in [-0.4, -0.2) is 39.1 Å². The largest absolute Gasteiger partial charge is 0.368 e. The van der Waals surface area contributed by atoms with E-state index in [-0.39, 0.29) is 18.5 Å². The van der Waals surface area contributed by atoms with Crippen LogP contribution in [0.4, 0.5) is 0 Å². The maximum absolute atomic E-state index is 12.0. The van der Waals surface area contributed by atoms with Crippen molar-refractivity contribution in [2.24, 2.45) is 15.7 Å². The Morgan fingerprint density at radius 3 is 2.88 bits per heavy atom. The number of benzene rings is 1. The molecule has 2 aromatic rings. The van der Waals surface area contributed by atoms with Crippen LogP contribution in [0, 0.1) is 0 Å². The summed E-state index contributed by atoms with van der Waals surface area (Å²) in [5.41, 5.74) is 7.44. The van der Waals surface area contributed by atoms with Crippen LogP contribution in [0.2, 0.25) is 0 Å². The summed E-state index contributed by atoms with van der Waals surface area (Å²) < 4.78 is 1.56. The smallest absolute Gasteiger partial charge is 0.242 e. The molecule has 1 aliphatic heterocycles. The normalized spacial score (nSPS) is 16.0. The first-order valence-electron chi connectivity index (χ1n) is 8.26. The minimum Gasteiger partial charge on any atom is -0.368 e. The molecule has 2 heterocycles. The summed E-state index contributed by atoms with van der Waals surface area (Å²) in [5.74, 6) is 0.254. The number of aromatic nitrogens is 3. The van der Waals surface area contributed by atoms with Gasteiger partial charge in [-0.2, -0.15) is 0 Å². The summed E-state index contributed by atoms with van der Waals surface area (Å²) in [7, 11) is 0. The summed E-state index contributed by atoms with van der Waals surface area (Å²) in [6.07, 6.45) is 6.14. The Labute approximate surface area is 145 Å². The Hall–Kier alpha value is -3.03. The summed E-state index contributed by atoms with van der Waals surface area (Å²) in [5, 5.41) is 11.0. The predicted molar refractivity (Wildman–Crippen MR) is 95.2 cm³/mol. The lowest BCUT2D eigenvalue weighted by Gasteiger charge is -2.04. The molecule has 0 bridgehead atoms. The number of rotatable bonds is 8. The molecule has 0 saturated carbocycles. The molecule has 0 fully saturated rings. The van der Waals surface area contributed by atoms with Crippen molar-refractivity contribution in [2.75, 3.05) is 0 Å². The van der Waals surface area contributed by atoms with Gasteiger partial charge in [-0.25, -0.2) is 14.7 Å². The SMILES string of the molecule is NC1=NC(CCCc2cn(CC(=O)NCc3ccccc3)nn2)C=N1. The van der Waals surface area contributed by atoms with Crippen molar-refractivity contribution in [3.05, 3.63) is 47.8 Å². The van der Waals surface area contributed by atoms with Crippen molar-refractivity contribution in [3.63, 3.8) is 0 Å². The van der Waals surface area contributed by atoms with Crippen LogP contribution in [0.25, 0.3) is 0 Å². The van der Waals surface area contributed by atoms with Crippen molar-refractivity contribution in [1.82, 2.24) is 20.3 Å². The van der Waals surface area contributed by atoms with E-state index >= 15 is 0 Å². The molecule has 8 heteroatoms. The van der Waals surface area contributed by atoms with Gasteiger partial charge in [-0.1, -0.05) is 35.5 Å². The molecule has 0 saturated heterocycles. The molecule has 1 amide bonds. The van der Waals surface area contributed by atoms with Crippen LogP contribution in [0.5, 0.6) is 0 Å². The molecule has 1 aromatic heterocycles. The van der Waals surface area contributed by atoms with Crippen LogP contribution in [0.1, 0.15) is 24.1 Å². The van der Waals surface area contributed by atoms with Gasteiger partial charge in [0.1, 0.15) is 6.54 Å². The number of aryl methyl sites for hydroxylation is 1. The van der Waals surface area contributed by atoms with Gasteiger partial charge in [0.2, 0.25) is 11.9 Å². The predicted octanol–water partition coefficient (Wildman–Crippen LogP) is 0.685. The second-order valence-electron chi connectivity index (χ2n) is 5.89. The minimum atomic E-state index is -0.0905. The van der Waals surface area contributed by atoms with E-state index in [9.17, 15) is 4.79 Å². The number of nitrogens with zero attached hydrogens (tertiary/aromatic N) is 5. The van der Waals surface area contributed by atoms with E-state index in [1.54, 1.807) is 10.9 Å². The molecular formula is C17H21N7O. The fourth-order valence-electron chi connectivity index (χ4n) is 2.56. The molecule has 130 valence electrons. The van der Waals surface area contributed by atoms with Crippen molar-refractivity contribution < 1.29 is 4.79 Å². The Kier molecular flexibility index (Phi) is 5.50. The zero-order chi connectivity index (χ0) is 17.5. The summed E-state index contributed by atoms with van der Waals surface area (Å²) >= 11 is 0. The van der Waals surface area contributed by atoms with Gasteiger partial charge in [0.05, 0.1) is 11.7 Å². The highest BCUT2D eigenvalue weighted by Crippen LogP contribution is 2.08. The van der Waals surface area contributed by atoms with Crippen molar-refractivity contribution in [3.8, 4) is 0 Å². The summed E-state index contributed by atoms with van der Waals surface area (Å²) in [6.45, 7) is 0.670. The van der Waals surface area contributed by atoms with Gasteiger partial charge in [0, 0.05) is 19.0 Å². The van der Waals surface area contributed by atoms with E-state index in [1.165, 1.54) is 0 Å². The zero-order valence-corrected chi connectivity index (χ0v) is 13.9. The first-order valence-corrected chi connectivity index (χ1v) is 8.26. The summed E-state index contributed by atoms with van der Waals surface area (Å²) in [4.78, 5) is 20.1. The van der Waals surface area contributed by atoms with Gasteiger partial charge >= 0.3 is 0 Å². The number of amides is 1. The standard InChI is InChI=1S/C17H21N7O/c18-17-20-10-14(21-17)7-4-8-15-11-24(23-22-15)12-16(25)19-9-13-5-2-1-3-6-13/h1-3,5-6,10-11,14H,4,7-9,12H2,(H2,18,21)(H,19,25). The Morgan fingerprint density at radius 2 is 2.12 bits per heavy atom. The number of aliphatic imine (C=N–C) groups is 2. The maximum Gasteiger partial charge on any atom is 0.242 e. The minimum absolute atomic E-state index is 0.0683. The fraction of sp³-hybridized carbons (Fsp3) is 0.353. The summed E-state index contributed by atoms with van der Waals surface area (Å²) in [6, 6.07) is 9.85. The van der Waals surface area contributed by atoms with Gasteiger partial charge in [0.15, 0.2) is 0 Å². The Balaban J connectivity index is 1.39. The monoisotopic (exact) mass is 339 g/mol. The highest BCUT2D eigenvalue weighted by atomic mass is 16.2. The topological polar surface area (TPSA) is 111 Å². The molecule has 3 rings (SSSR count). The van der Waals surface area contributed by atoms with Gasteiger partial charge in [-0.15, -0.1) is 5.10 Å². The number of nitrogens with one attached hydrogen (secondary N) is 1. The van der Waals surface area contributed by atoms with E-state index in [4.69, 9.17) is 5.73 Å². The number of carbonyl (C=O) groups is 1. The van der Waals surface area contributed by atoms with Crippen LogP contribution in [0.3, 0.4) is 0 Å². The zero-order valence-electron chi connectivity index (χ0n) is 13.9.